The molecule has 0 aliphatic rings. The molecule has 0 aliphatic heterocycles. The first-order valence-electron chi connectivity index (χ1n) is 31.3. The maximum Gasteiger partial charge on any atom is 0.306 e. The number of carbonyl (C=O) groups is 3. The third kappa shape index (κ3) is 57.0. The van der Waals surface area contributed by atoms with Crippen LogP contribution >= 0.6 is 0 Å². The van der Waals surface area contributed by atoms with Crippen molar-refractivity contribution in [1.29, 1.82) is 0 Å². The second-order valence-corrected chi connectivity index (χ2v) is 22.3. The number of allylic oxidation sites excluding steroid dienone is 8. The highest BCUT2D eigenvalue weighted by Crippen LogP contribution is 2.18. The molecule has 0 spiro atoms. The topological polar surface area (TPSA) is 111 Å². The average Bonchev–Trinajstić information content (AvgIpc) is 3.37. The van der Waals surface area contributed by atoms with Gasteiger partial charge in [-0.2, -0.15) is 0 Å². The van der Waals surface area contributed by atoms with Crippen molar-refractivity contribution in [2.45, 2.75) is 302 Å². The monoisotopic (exact) mass is 1040 g/mol. The Balaban J connectivity index is 4.16. The van der Waals surface area contributed by atoms with Crippen LogP contribution in [0.4, 0.5) is 0 Å². The number of rotatable bonds is 58. The van der Waals surface area contributed by atoms with E-state index >= 15 is 0 Å². The van der Waals surface area contributed by atoms with Crippen LogP contribution in [0.15, 0.2) is 48.6 Å². The molecule has 0 saturated heterocycles. The van der Waals surface area contributed by atoms with Crippen LogP contribution in [-0.2, 0) is 33.3 Å². The molecule has 74 heavy (non-hydrogen) atoms. The lowest BCUT2D eigenvalue weighted by atomic mass is 10.0. The molecule has 0 fully saturated rings. The number of nitrogens with zero attached hydrogens (tertiary/aromatic N) is 1. The Bertz CT molecular complexity index is 1350. The first-order valence-corrected chi connectivity index (χ1v) is 31.3. The van der Waals surface area contributed by atoms with E-state index in [-0.39, 0.29) is 32.2 Å². The number of likely N-dealkylation sites (N-methyl/N-ethyl adjacent to an activating group) is 1. The van der Waals surface area contributed by atoms with Crippen molar-refractivity contribution in [1.82, 2.24) is 0 Å². The maximum absolute atomic E-state index is 12.9. The lowest BCUT2D eigenvalue weighted by Crippen LogP contribution is -2.44. The molecule has 9 nitrogen and oxygen atoms in total. The number of quaternary nitrogens is 1. The Morgan fingerprint density at radius 2 is 0.770 bits per heavy atom. The predicted octanol–water partition coefficient (Wildman–Crippen LogP) is 17.3. The van der Waals surface area contributed by atoms with Gasteiger partial charge in [-0.05, 0) is 51.4 Å². The fourth-order valence-electron chi connectivity index (χ4n) is 9.06. The number of aliphatic carboxylic acids is 1. The summed E-state index contributed by atoms with van der Waals surface area (Å²) in [5.74, 6) is -2.26. The van der Waals surface area contributed by atoms with Crippen molar-refractivity contribution in [2.24, 2.45) is 0 Å². The quantitative estimate of drug-likeness (QED) is 0.0195. The molecule has 2 atom stereocenters. The highest BCUT2D eigenvalue weighted by molar-refractivity contribution is 5.70. The summed E-state index contributed by atoms with van der Waals surface area (Å²) in [5.41, 5.74) is 0. The Morgan fingerprint density at radius 3 is 1.15 bits per heavy atom. The van der Waals surface area contributed by atoms with Crippen molar-refractivity contribution < 1.29 is 42.9 Å². The maximum atomic E-state index is 12.9. The Labute approximate surface area is 457 Å². The fraction of sp³-hybridized carbons (Fsp3) is 0.831. The van der Waals surface area contributed by atoms with E-state index in [0.29, 0.717) is 23.9 Å². The number of hydrogen-bond donors (Lipinski definition) is 0. The minimum Gasteiger partial charge on any atom is -0.545 e. The molecular weight excluding hydrogens is 923 g/mol. The zero-order chi connectivity index (χ0) is 54.1. The van der Waals surface area contributed by atoms with Gasteiger partial charge in [0.25, 0.3) is 0 Å². The van der Waals surface area contributed by atoms with Crippen molar-refractivity contribution in [3.63, 3.8) is 0 Å². The third-order valence-electron chi connectivity index (χ3n) is 13.8. The average molecular weight is 1040 g/mol. The SMILES string of the molecule is CC/C=C\C/C=C\C/C=C\C/C=C\CCCCCCCCCCCCCCCCC(=O)OC(COC(=O)CCCCCCCCCCCCCCCCCCCCCCCC)COC(OCC[N+](C)(C)C)C(=O)[O-]. The second kappa shape index (κ2) is 56.5. The second-order valence-electron chi connectivity index (χ2n) is 22.3. The number of hydrogen-bond acceptors (Lipinski definition) is 8. The standard InChI is InChI=1S/C65H119NO8/c1-6-8-10-12-14-16-18-20-22-24-26-28-30-31-32-33-34-36-38-40-42-44-46-48-50-52-54-56-63(68)74-61(60-73-65(64(69)70)71-58-57-66(3,4)5)59-72-62(67)55-53-51-49-47-45-43-41-39-37-35-29-27-25-23-21-19-17-15-13-11-9-7-2/h8,10,14,16,20,22,26,28,61,65H,6-7,9,11-13,15,17-19,21,23-25,27,29-60H2,1-5H3/b10-8-,16-14-,22-20-,28-26-. The summed E-state index contributed by atoms with van der Waals surface area (Å²) in [7, 11) is 5.93. The van der Waals surface area contributed by atoms with E-state index in [9.17, 15) is 19.5 Å². The molecule has 0 aliphatic carbocycles. The van der Waals surface area contributed by atoms with Gasteiger partial charge < -0.3 is 33.3 Å². The van der Waals surface area contributed by atoms with Gasteiger partial charge in [0.05, 0.1) is 40.3 Å². The number of unbranched alkanes of at least 4 members (excludes halogenated alkanes) is 35. The van der Waals surface area contributed by atoms with Gasteiger partial charge in [-0.1, -0.05) is 274 Å². The van der Waals surface area contributed by atoms with E-state index in [1.54, 1.807) is 0 Å². The van der Waals surface area contributed by atoms with Crippen LogP contribution in [0.5, 0.6) is 0 Å². The predicted molar refractivity (Wildman–Crippen MR) is 311 cm³/mol. The zero-order valence-corrected chi connectivity index (χ0v) is 49.2. The van der Waals surface area contributed by atoms with Crippen LogP contribution in [0.2, 0.25) is 0 Å². The third-order valence-corrected chi connectivity index (χ3v) is 13.8. The molecular formula is C65H119NO8. The Morgan fingerprint density at radius 1 is 0.419 bits per heavy atom. The van der Waals surface area contributed by atoms with Gasteiger partial charge in [0.15, 0.2) is 12.4 Å². The number of carboxylic acids is 1. The van der Waals surface area contributed by atoms with Crippen LogP contribution in [0.3, 0.4) is 0 Å². The summed E-state index contributed by atoms with van der Waals surface area (Å²) in [6.07, 6.45) is 67.4. The van der Waals surface area contributed by atoms with Crippen LogP contribution in [0.25, 0.3) is 0 Å². The number of carbonyl (C=O) groups excluding carboxylic acids is 3. The minimum absolute atomic E-state index is 0.149. The van der Waals surface area contributed by atoms with Gasteiger partial charge in [-0.3, -0.25) is 9.59 Å². The van der Waals surface area contributed by atoms with Gasteiger partial charge in [-0.25, -0.2) is 0 Å². The molecule has 0 aromatic carbocycles. The Hall–Kier alpha value is -2.75. The van der Waals surface area contributed by atoms with E-state index < -0.39 is 24.3 Å². The summed E-state index contributed by atoms with van der Waals surface area (Å²) < 4.78 is 22.8. The fourth-order valence-corrected chi connectivity index (χ4v) is 9.06. The number of esters is 2. The molecule has 0 saturated carbocycles. The van der Waals surface area contributed by atoms with Crippen LogP contribution in [0, 0.1) is 0 Å². The molecule has 432 valence electrons. The largest absolute Gasteiger partial charge is 0.545 e. The van der Waals surface area contributed by atoms with E-state index in [2.05, 4.69) is 62.5 Å². The van der Waals surface area contributed by atoms with Gasteiger partial charge in [0.2, 0.25) is 0 Å². The molecule has 0 aromatic heterocycles. The van der Waals surface area contributed by atoms with Crippen molar-refractivity contribution in [3.8, 4) is 0 Å². The Kier molecular flexibility index (Phi) is 54.4. The smallest absolute Gasteiger partial charge is 0.306 e. The summed E-state index contributed by atoms with van der Waals surface area (Å²) in [6, 6.07) is 0. The van der Waals surface area contributed by atoms with E-state index in [0.717, 1.165) is 57.8 Å². The number of carboxylic acid groups (broad SMARTS) is 1. The molecule has 0 bridgehead atoms. The molecule has 0 amide bonds. The van der Waals surface area contributed by atoms with Crippen molar-refractivity contribution in [2.75, 3.05) is 47.5 Å². The van der Waals surface area contributed by atoms with Gasteiger partial charge in [-0.15, -0.1) is 0 Å². The molecule has 9 heteroatoms. The first kappa shape index (κ1) is 71.2. The van der Waals surface area contributed by atoms with Gasteiger partial charge in [0, 0.05) is 12.8 Å². The van der Waals surface area contributed by atoms with Gasteiger partial charge in [0.1, 0.15) is 13.2 Å². The van der Waals surface area contributed by atoms with E-state index in [4.69, 9.17) is 18.9 Å². The highest BCUT2D eigenvalue weighted by Gasteiger charge is 2.22. The van der Waals surface area contributed by atoms with Crippen LogP contribution in [-0.4, -0.2) is 82.3 Å². The lowest BCUT2D eigenvalue weighted by Gasteiger charge is -2.26. The molecule has 0 N–H and O–H groups in total. The molecule has 2 unspecified atom stereocenters. The minimum atomic E-state index is -1.62. The van der Waals surface area contributed by atoms with Crippen molar-refractivity contribution in [3.05, 3.63) is 48.6 Å². The molecule has 0 rings (SSSR count). The normalized spacial score (nSPS) is 13.0. The van der Waals surface area contributed by atoms with Crippen LogP contribution < -0.4 is 5.11 Å². The first-order chi connectivity index (χ1) is 36.1. The summed E-state index contributed by atoms with van der Waals surface area (Å²) in [5, 5.41) is 11.8. The summed E-state index contributed by atoms with van der Waals surface area (Å²) >= 11 is 0. The zero-order valence-electron chi connectivity index (χ0n) is 49.2. The molecule has 0 radical (unpaired) electrons. The number of ether oxygens (including phenoxy) is 4. The van der Waals surface area contributed by atoms with E-state index in [1.807, 2.05) is 21.1 Å². The summed E-state index contributed by atoms with van der Waals surface area (Å²) in [6.45, 7) is 4.68. The van der Waals surface area contributed by atoms with Crippen LogP contribution in [0.1, 0.15) is 290 Å². The van der Waals surface area contributed by atoms with Gasteiger partial charge >= 0.3 is 11.9 Å². The highest BCUT2D eigenvalue weighted by atomic mass is 16.7. The lowest BCUT2D eigenvalue weighted by molar-refractivity contribution is -0.870. The van der Waals surface area contributed by atoms with Crippen molar-refractivity contribution >= 4 is 17.9 Å². The molecule has 0 heterocycles. The molecule has 0 aromatic rings. The summed E-state index contributed by atoms with van der Waals surface area (Å²) in [4.78, 5) is 37.4. The van der Waals surface area contributed by atoms with E-state index in [1.165, 1.54) is 199 Å².